The third-order valence-corrected chi connectivity index (χ3v) is 9.43. The van der Waals surface area contributed by atoms with E-state index in [0.717, 1.165) is 56.7 Å². The van der Waals surface area contributed by atoms with Crippen LogP contribution in [0.4, 0.5) is 5.69 Å². The third-order valence-electron chi connectivity index (χ3n) is 7.58. The molecule has 0 radical (unpaired) electrons. The maximum absolute atomic E-state index is 13.0. The Labute approximate surface area is 216 Å². The lowest BCUT2D eigenvalue weighted by atomic mass is 9.98. The number of hydrogen-bond donors (Lipinski definition) is 0. The minimum Gasteiger partial charge on any atom is -0.493 e. The summed E-state index contributed by atoms with van der Waals surface area (Å²) in [6, 6.07) is 8.34. The lowest BCUT2D eigenvalue weighted by molar-refractivity contribution is 0.233. The Morgan fingerprint density at radius 2 is 1.49 bits per heavy atom. The number of piperidine rings is 1. The molecule has 35 heavy (non-hydrogen) atoms. The predicted octanol–water partition coefficient (Wildman–Crippen LogP) is 7.12. The van der Waals surface area contributed by atoms with Crippen molar-refractivity contribution in [2.75, 3.05) is 43.4 Å². The van der Waals surface area contributed by atoms with E-state index in [1.165, 1.54) is 38.5 Å². The summed E-state index contributed by atoms with van der Waals surface area (Å²) in [6.07, 6.45) is 12.7. The Kier molecular flexibility index (Phi) is 14.1. The highest BCUT2D eigenvalue weighted by Gasteiger charge is 2.25. The quantitative estimate of drug-likeness (QED) is 0.212. The van der Waals surface area contributed by atoms with E-state index in [4.69, 9.17) is 4.74 Å². The molecule has 1 aliphatic rings. The summed E-state index contributed by atoms with van der Waals surface area (Å²) in [5.74, 6) is 2.27. The SMILES string of the molecule is CCCCC(CC)COc1ccc(N(CCS(=O)(=O)N2CCCCC2)CC(CC)CCCC)cc1. The highest BCUT2D eigenvalue weighted by Crippen LogP contribution is 2.25. The molecule has 0 saturated carbocycles. The Hall–Kier alpha value is -1.27. The Balaban J connectivity index is 2.06. The van der Waals surface area contributed by atoms with Crippen LogP contribution in [0.1, 0.15) is 98.3 Å². The number of nitrogens with zero attached hydrogens (tertiary/aromatic N) is 2. The Bertz CT molecular complexity index is 776. The molecule has 1 aromatic carbocycles. The highest BCUT2D eigenvalue weighted by atomic mass is 32.2. The molecule has 0 aliphatic carbocycles. The lowest BCUT2D eigenvalue weighted by Crippen LogP contribution is -2.41. The van der Waals surface area contributed by atoms with Gasteiger partial charge in [0.15, 0.2) is 0 Å². The van der Waals surface area contributed by atoms with E-state index in [1.54, 1.807) is 4.31 Å². The van der Waals surface area contributed by atoms with Gasteiger partial charge in [-0.3, -0.25) is 0 Å². The summed E-state index contributed by atoms with van der Waals surface area (Å²) in [5.41, 5.74) is 1.10. The zero-order valence-electron chi connectivity index (χ0n) is 23.0. The van der Waals surface area contributed by atoms with E-state index in [9.17, 15) is 8.42 Å². The molecule has 1 aromatic rings. The maximum Gasteiger partial charge on any atom is 0.215 e. The maximum atomic E-state index is 13.0. The molecular formula is C29H52N2O3S. The molecule has 0 spiro atoms. The molecule has 1 heterocycles. The normalized spacial score (nSPS) is 16.7. The van der Waals surface area contributed by atoms with Crippen LogP contribution >= 0.6 is 0 Å². The van der Waals surface area contributed by atoms with Crippen molar-refractivity contribution in [3.05, 3.63) is 24.3 Å². The molecule has 2 unspecified atom stereocenters. The number of unbranched alkanes of at least 4 members (excludes halogenated alkanes) is 2. The van der Waals surface area contributed by atoms with Crippen molar-refractivity contribution < 1.29 is 13.2 Å². The summed E-state index contributed by atoms with van der Waals surface area (Å²) in [5, 5.41) is 0. The van der Waals surface area contributed by atoms with Crippen LogP contribution < -0.4 is 9.64 Å². The van der Waals surface area contributed by atoms with Gasteiger partial charge in [0.1, 0.15) is 5.75 Å². The van der Waals surface area contributed by atoms with Gasteiger partial charge in [-0.25, -0.2) is 12.7 Å². The zero-order chi connectivity index (χ0) is 25.5. The van der Waals surface area contributed by atoms with Crippen LogP contribution in [0.25, 0.3) is 0 Å². The fraction of sp³-hybridized carbons (Fsp3) is 0.793. The van der Waals surface area contributed by atoms with Crippen LogP contribution in [0.5, 0.6) is 5.75 Å². The monoisotopic (exact) mass is 508 g/mol. The van der Waals surface area contributed by atoms with Crippen LogP contribution in [-0.2, 0) is 10.0 Å². The summed E-state index contributed by atoms with van der Waals surface area (Å²) in [4.78, 5) is 2.30. The van der Waals surface area contributed by atoms with Gasteiger partial charge in [-0.1, -0.05) is 72.6 Å². The van der Waals surface area contributed by atoms with Crippen LogP contribution in [0.3, 0.4) is 0 Å². The summed E-state index contributed by atoms with van der Waals surface area (Å²) < 4.78 is 33.9. The first-order chi connectivity index (χ1) is 16.9. The molecule has 2 rings (SSSR count). The first kappa shape index (κ1) is 30.0. The molecule has 1 fully saturated rings. The molecular weight excluding hydrogens is 456 g/mol. The van der Waals surface area contributed by atoms with E-state index in [1.807, 2.05) is 0 Å². The fourth-order valence-corrected chi connectivity index (χ4v) is 6.44. The molecule has 0 amide bonds. The first-order valence-electron chi connectivity index (χ1n) is 14.4. The smallest absolute Gasteiger partial charge is 0.215 e. The van der Waals surface area contributed by atoms with Crippen LogP contribution in [0.2, 0.25) is 0 Å². The molecule has 6 heteroatoms. The molecule has 2 atom stereocenters. The summed E-state index contributed by atoms with van der Waals surface area (Å²) >= 11 is 0. The van der Waals surface area contributed by atoms with Gasteiger partial charge in [-0.05, 0) is 61.8 Å². The standard InChI is InChI=1S/C29H52N2O3S/c1-5-9-14-26(7-3)24-30(22-23-35(32,33)31-20-12-11-13-21-31)28-16-18-29(19-17-28)34-25-27(8-4)15-10-6-2/h16-19,26-27H,5-15,20-25H2,1-4H3. The Morgan fingerprint density at radius 1 is 0.886 bits per heavy atom. The van der Waals surface area contributed by atoms with Crippen molar-refractivity contribution in [1.29, 1.82) is 0 Å². The molecule has 1 aliphatic heterocycles. The van der Waals surface area contributed by atoms with Crippen molar-refractivity contribution in [1.82, 2.24) is 4.31 Å². The van der Waals surface area contributed by atoms with Gasteiger partial charge in [0, 0.05) is 31.9 Å². The van der Waals surface area contributed by atoms with Crippen LogP contribution in [-0.4, -0.2) is 51.3 Å². The molecule has 1 saturated heterocycles. The van der Waals surface area contributed by atoms with Crippen LogP contribution in [0.15, 0.2) is 24.3 Å². The molecule has 5 nitrogen and oxygen atoms in total. The van der Waals surface area contributed by atoms with Gasteiger partial charge in [-0.2, -0.15) is 0 Å². The molecule has 202 valence electrons. The predicted molar refractivity (Wildman–Crippen MR) is 150 cm³/mol. The number of anilines is 1. The van der Waals surface area contributed by atoms with Gasteiger partial charge < -0.3 is 9.64 Å². The number of ether oxygens (including phenoxy) is 1. The van der Waals surface area contributed by atoms with Gasteiger partial charge in [-0.15, -0.1) is 0 Å². The van der Waals surface area contributed by atoms with E-state index in [0.29, 0.717) is 31.5 Å². The third kappa shape index (κ3) is 10.7. The van der Waals surface area contributed by atoms with Gasteiger partial charge >= 0.3 is 0 Å². The van der Waals surface area contributed by atoms with Gasteiger partial charge in [0.2, 0.25) is 10.0 Å². The van der Waals surface area contributed by atoms with Crippen molar-refractivity contribution in [2.24, 2.45) is 11.8 Å². The average Bonchev–Trinajstić information content (AvgIpc) is 2.89. The van der Waals surface area contributed by atoms with Crippen molar-refractivity contribution >= 4 is 15.7 Å². The molecule has 0 bridgehead atoms. The minimum absolute atomic E-state index is 0.186. The lowest BCUT2D eigenvalue weighted by Gasteiger charge is -2.31. The van der Waals surface area contributed by atoms with Crippen molar-refractivity contribution in [3.63, 3.8) is 0 Å². The summed E-state index contributed by atoms with van der Waals surface area (Å²) in [7, 11) is -3.22. The second-order valence-corrected chi connectivity index (χ2v) is 12.4. The number of benzene rings is 1. The average molecular weight is 509 g/mol. The number of rotatable bonds is 18. The fourth-order valence-electron chi connectivity index (χ4n) is 4.92. The largest absolute Gasteiger partial charge is 0.493 e. The number of sulfonamides is 1. The van der Waals surface area contributed by atoms with E-state index >= 15 is 0 Å². The van der Waals surface area contributed by atoms with Gasteiger partial charge in [0.05, 0.1) is 12.4 Å². The van der Waals surface area contributed by atoms with Crippen molar-refractivity contribution in [2.45, 2.75) is 98.3 Å². The molecule has 0 N–H and O–H groups in total. The summed E-state index contributed by atoms with van der Waals surface area (Å²) in [6.45, 7) is 12.5. The van der Waals surface area contributed by atoms with Crippen molar-refractivity contribution in [3.8, 4) is 5.75 Å². The Morgan fingerprint density at radius 3 is 2.06 bits per heavy atom. The van der Waals surface area contributed by atoms with Crippen LogP contribution in [0, 0.1) is 11.8 Å². The van der Waals surface area contributed by atoms with E-state index in [-0.39, 0.29) is 5.75 Å². The highest BCUT2D eigenvalue weighted by molar-refractivity contribution is 7.89. The first-order valence-corrected chi connectivity index (χ1v) is 16.0. The van der Waals surface area contributed by atoms with Gasteiger partial charge in [0.25, 0.3) is 0 Å². The van der Waals surface area contributed by atoms with E-state index < -0.39 is 10.0 Å². The number of hydrogen-bond acceptors (Lipinski definition) is 4. The second kappa shape index (κ2) is 16.5. The minimum atomic E-state index is -3.22. The molecule has 0 aromatic heterocycles. The zero-order valence-corrected chi connectivity index (χ0v) is 23.8. The second-order valence-electron chi connectivity index (χ2n) is 10.4. The topological polar surface area (TPSA) is 49.9 Å². The van der Waals surface area contributed by atoms with E-state index in [2.05, 4.69) is 56.9 Å².